The summed E-state index contributed by atoms with van der Waals surface area (Å²) in [5.74, 6) is -0.834. The molecule has 3 fully saturated rings. The predicted octanol–water partition coefficient (Wildman–Crippen LogP) is 2.69. The summed E-state index contributed by atoms with van der Waals surface area (Å²) >= 11 is 0. The molecule has 5 nitrogen and oxygen atoms in total. The van der Waals surface area contributed by atoms with Crippen molar-refractivity contribution < 1.29 is 18.4 Å². The molecule has 1 N–H and O–H groups in total. The van der Waals surface area contributed by atoms with Crippen molar-refractivity contribution in [3.05, 3.63) is 35.4 Å². The Morgan fingerprint density at radius 2 is 1.76 bits per heavy atom. The lowest BCUT2D eigenvalue weighted by atomic mass is 9.93. The summed E-state index contributed by atoms with van der Waals surface area (Å²) in [6.07, 6.45) is 5.81. The first-order valence-electron chi connectivity index (χ1n) is 10.8. The summed E-state index contributed by atoms with van der Waals surface area (Å²) in [5, 5.41) is 2.81. The molecule has 1 aromatic rings. The normalized spacial score (nSPS) is 23.8. The fourth-order valence-electron chi connectivity index (χ4n) is 4.58. The van der Waals surface area contributed by atoms with Crippen LogP contribution in [0.25, 0.3) is 0 Å². The van der Waals surface area contributed by atoms with E-state index < -0.39 is 11.6 Å². The highest BCUT2D eigenvalue weighted by molar-refractivity contribution is 5.81. The number of nitrogens with one attached hydrogen (secondary N) is 1. The molecule has 2 heterocycles. The Labute approximate surface area is 170 Å². The van der Waals surface area contributed by atoms with Crippen LogP contribution >= 0.6 is 0 Å². The van der Waals surface area contributed by atoms with Crippen LogP contribution in [0.3, 0.4) is 0 Å². The maximum absolute atomic E-state index is 13.8. The standard InChI is InChI=1S/C22H29F2N3O2/c23-18-6-5-16(20(24)12-18)13-25-21(28)17-2-1-9-27(14-17)19-7-10-26(11-8-19)22(29)15-3-4-15/h5-6,12,15,17,19H,1-4,7-11,13-14H2,(H,25,28). The Morgan fingerprint density at radius 3 is 2.45 bits per heavy atom. The number of carbonyl (C=O) groups is 2. The fraction of sp³-hybridized carbons (Fsp3) is 0.636. The zero-order valence-electron chi connectivity index (χ0n) is 16.7. The number of hydrogen-bond acceptors (Lipinski definition) is 3. The van der Waals surface area contributed by atoms with E-state index in [4.69, 9.17) is 0 Å². The maximum Gasteiger partial charge on any atom is 0.225 e. The lowest BCUT2D eigenvalue weighted by molar-refractivity contribution is -0.134. The maximum atomic E-state index is 13.8. The molecule has 0 aromatic heterocycles. The number of benzene rings is 1. The van der Waals surface area contributed by atoms with Crippen molar-refractivity contribution in [3.8, 4) is 0 Å². The van der Waals surface area contributed by atoms with Crippen molar-refractivity contribution in [2.45, 2.75) is 51.1 Å². The number of likely N-dealkylation sites (tertiary alicyclic amines) is 2. The first-order valence-corrected chi connectivity index (χ1v) is 10.8. The van der Waals surface area contributed by atoms with E-state index in [9.17, 15) is 18.4 Å². The topological polar surface area (TPSA) is 52.7 Å². The quantitative estimate of drug-likeness (QED) is 0.820. The van der Waals surface area contributed by atoms with Gasteiger partial charge in [-0.05, 0) is 51.1 Å². The molecule has 158 valence electrons. The SMILES string of the molecule is O=C(NCc1ccc(F)cc1F)C1CCCN(C2CCN(C(=O)C3CC3)CC2)C1. The Morgan fingerprint density at radius 1 is 1.00 bits per heavy atom. The molecular formula is C22H29F2N3O2. The highest BCUT2D eigenvalue weighted by Crippen LogP contribution is 2.32. The summed E-state index contributed by atoms with van der Waals surface area (Å²) in [6, 6.07) is 3.83. The molecule has 2 aliphatic heterocycles. The monoisotopic (exact) mass is 405 g/mol. The van der Waals surface area contributed by atoms with Gasteiger partial charge in [0, 0.05) is 49.8 Å². The molecule has 29 heavy (non-hydrogen) atoms. The highest BCUT2D eigenvalue weighted by Gasteiger charge is 2.37. The van der Waals surface area contributed by atoms with Gasteiger partial charge < -0.3 is 10.2 Å². The van der Waals surface area contributed by atoms with Gasteiger partial charge in [-0.1, -0.05) is 6.07 Å². The van der Waals surface area contributed by atoms with Crippen molar-refractivity contribution >= 4 is 11.8 Å². The molecule has 0 spiro atoms. The van der Waals surface area contributed by atoms with Crippen LogP contribution in [0.15, 0.2) is 18.2 Å². The van der Waals surface area contributed by atoms with Gasteiger partial charge in [-0.25, -0.2) is 8.78 Å². The molecule has 7 heteroatoms. The smallest absolute Gasteiger partial charge is 0.225 e. The summed E-state index contributed by atoms with van der Waals surface area (Å²) in [7, 11) is 0. The van der Waals surface area contributed by atoms with Crippen molar-refractivity contribution in [3.63, 3.8) is 0 Å². The molecule has 1 saturated carbocycles. The summed E-state index contributed by atoms with van der Waals surface area (Å²) in [6.45, 7) is 3.40. The van der Waals surface area contributed by atoms with Crippen LogP contribution in [0, 0.1) is 23.5 Å². The lowest BCUT2D eigenvalue weighted by Crippen LogP contribution is -2.51. The molecule has 0 radical (unpaired) electrons. The number of rotatable bonds is 5. The molecule has 3 aliphatic rings. The van der Waals surface area contributed by atoms with Crippen molar-refractivity contribution in [2.24, 2.45) is 11.8 Å². The van der Waals surface area contributed by atoms with E-state index in [1.165, 1.54) is 12.1 Å². The van der Waals surface area contributed by atoms with E-state index >= 15 is 0 Å². The molecular weight excluding hydrogens is 376 g/mol. The van der Waals surface area contributed by atoms with Crippen LogP contribution in [-0.2, 0) is 16.1 Å². The molecule has 1 aromatic carbocycles. The zero-order valence-corrected chi connectivity index (χ0v) is 16.7. The van der Waals surface area contributed by atoms with Crippen LogP contribution < -0.4 is 5.32 Å². The number of piperidine rings is 2. The van der Waals surface area contributed by atoms with Crippen LogP contribution in [-0.4, -0.2) is 53.8 Å². The molecule has 4 rings (SSSR count). The first kappa shape index (κ1) is 20.3. The van der Waals surface area contributed by atoms with Gasteiger partial charge in [0.15, 0.2) is 0 Å². The summed E-state index contributed by atoms with van der Waals surface area (Å²) in [5.41, 5.74) is 0.292. The van der Waals surface area contributed by atoms with Gasteiger partial charge in [0.25, 0.3) is 0 Å². The molecule has 2 amide bonds. The second kappa shape index (κ2) is 8.78. The minimum absolute atomic E-state index is 0.0697. The van der Waals surface area contributed by atoms with E-state index in [1.54, 1.807) is 0 Å². The Kier molecular flexibility index (Phi) is 6.13. The van der Waals surface area contributed by atoms with E-state index in [1.807, 2.05) is 4.90 Å². The van der Waals surface area contributed by atoms with Crippen molar-refractivity contribution in [1.29, 1.82) is 0 Å². The third-order valence-electron chi connectivity index (χ3n) is 6.51. The number of halogens is 2. The zero-order chi connectivity index (χ0) is 20.4. The summed E-state index contributed by atoms with van der Waals surface area (Å²) in [4.78, 5) is 29.2. The molecule has 0 bridgehead atoms. The second-order valence-corrected chi connectivity index (χ2v) is 8.62. The van der Waals surface area contributed by atoms with Crippen molar-refractivity contribution in [1.82, 2.24) is 15.1 Å². The van der Waals surface area contributed by atoms with Gasteiger partial charge in [-0.15, -0.1) is 0 Å². The molecule has 1 atom stereocenters. The van der Waals surface area contributed by atoms with Gasteiger partial charge in [0.05, 0.1) is 5.92 Å². The average Bonchev–Trinajstić information content (AvgIpc) is 3.58. The minimum atomic E-state index is -0.636. The van der Waals surface area contributed by atoms with Crippen LogP contribution in [0.1, 0.15) is 44.1 Å². The third kappa shape index (κ3) is 4.94. The highest BCUT2D eigenvalue weighted by atomic mass is 19.1. The second-order valence-electron chi connectivity index (χ2n) is 8.62. The molecule has 2 saturated heterocycles. The summed E-state index contributed by atoms with van der Waals surface area (Å²) < 4.78 is 26.8. The van der Waals surface area contributed by atoms with Crippen LogP contribution in [0.2, 0.25) is 0 Å². The van der Waals surface area contributed by atoms with Gasteiger partial charge in [0.2, 0.25) is 11.8 Å². The predicted molar refractivity (Wildman–Crippen MR) is 105 cm³/mol. The van der Waals surface area contributed by atoms with E-state index in [0.717, 1.165) is 64.2 Å². The van der Waals surface area contributed by atoms with Crippen molar-refractivity contribution in [2.75, 3.05) is 26.2 Å². The molecule has 1 unspecified atom stereocenters. The van der Waals surface area contributed by atoms with Gasteiger partial charge >= 0.3 is 0 Å². The van der Waals surface area contributed by atoms with Crippen LogP contribution in [0.5, 0.6) is 0 Å². The number of nitrogens with zero attached hydrogens (tertiary/aromatic N) is 2. The number of hydrogen-bond donors (Lipinski definition) is 1. The Hall–Kier alpha value is -2.02. The van der Waals surface area contributed by atoms with E-state index in [-0.39, 0.29) is 24.3 Å². The largest absolute Gasteiger partial charge is 0.352 e. The number of amides is 2. The Balaban J connectivity index is 1.25. The van der Waals surface area contributed by atoms with Gasteiger partial charge in [-0.3, -0.25) is 14.5 Å². The Bertz CT molecular complexity index is 760. The lowest BCUT2D eigenvalue weighted by Gasteiger charge is -2.42. The molecule has 1 aliphatic carbocycles. The average molecular weight is 405 g/mol. The van der Waals surface area contributed by atoms with Crippen LogP contribution in [0.4, 0.5) is 8.78 Å². The number of carbonyl (C=O) groups excluding carboxylic acids is 2. The fourth-order valence-corrected chi connectivity index (χ4v) is 4.58. The van der Waals surface area contributed by atoms with E-state index in [2.05, 4.69) is 10.2 Å². The third-order valence-corrected chi connectivity index (χ3v) is 6.51. The van der Waals surface area contributed by atoms with Gasteiger partial charge in [-0.2, -0.15) is 0 Å². The van der Waals surface area contributed by atoms with E-state index in [0.29, 0.717) is 24.1 Å². The van der Waals surface area contributed by atoms with Gasteiger partial charge in [0.1, 0.15) is 11.6 Å². The minimum Gasteiger partial charge on any atom is -0.352 e. The first-order chi connectivity index (χ1) is 14.0.